The molecule has 1 heterocycles. The van der Waals surface area contributed by atoms with E-state index in [0.29, 0.717) is 0 Å². The molecule has 0 aromatic carbocycles. The van der Waals surface area contributed by atoms with Gasteiger partial charge < -0.3 is 26.6 Å². The molecular formula is C15H20N4O8S. The fraction of sp³-hybridized carbons (Fsp3) is 0.467. The number of nitrogens with one attached hydrogen (secondary N) is 2. The number of aliphatic carboxylic acids is 2. The zero-order valence-electron chi connectivity index (χ0n) is 14.8. The molecule has 28 heavy (non-hydrogen) atoms. The van der Waals surface area contributed by atoms with Crippen LogP contribution in [0.2, 0.25) is 0 Å². The van der Waals surface area contributed by atoms with Crippen LogP contribution < -0.4 is 16.4 Å². The number of thioether (sulfide) groups is 1. The number of carboxylic acid groups (broad SMARTS) is 2. The molecule has 1 aliphatic rings. The van der Waals surface area contributed by atoms with Crippen molar-refractivity contribution < 1.29 is 39.0 Å². The van der Waals surface area contributed by atoms with Gasteiger partial charge in [-0.3, -0.25) is 33.7 Å². The first-order valence-corrected chi connectivity index (χ1v) is 8.95. The number of hydrogen-bond acceptors (Lipinski definition) is 8. The highest BCUT2D eigenvalue weighted by molar-refractivity contribution is 8.04. The number of carbonyl (C=O) groups is 6. The lowest BCUT2D eigenvalue weighted by Gasteiger charge is -2.18. The van der Waals surface area contributed by atoms with Crippen LogP contribution in [0.1, 0.15) is 12.8 Å². The highest BCUT2D eigenvalue weighted by atomic mass is 32.2. The van der Waals surface area contributed by atoms with E-state index in [0.717, 1.165) is 22.7 Å². The Morgan fingerprint density at radius 1 is 1.25 bits per heavy atom. The van der Waals surface area contributed by atoms with Crippen LogP contribution in [-0.2, 0) is 28.8 Å². The first kappa shape index (κ1) is 23.1. The van der Waals surface area contributed by atoms with Crippen molar-refractivity contribution in [3.8, 4) is 0 Å². The van der Waals surface area contributed by atoms with Gasteiger partial charge in [-0.1, -0.05) is 0 Å². The Morgan fingerprint density at radius 3 is 2.39 bits per heavy atom. The maximum atomic E-state index is 12.1. The molecule has 1 aliphatic heterocycles. The highest BCUT2D eigenvalue weighted by Crippen LogP contribution is 2.24. The number of nitrogens with two attached hydrogens (primary N) is 1. The minimum absolute atomic E-state index is 0.0747. The topological polar surface area (TPSA) is 196 Å². The second-order valence-electron chi connectivity index (χ2n) is 5.74. The number of imide groups is 1. The van der Waals surface area contributed by atoms with Crippen molar-refractivity contribution in [1.29, 1.82) is 0 Å². The minimum atomic E-state index is -1.29. The van der Waals surface area contributed by atoms with Crippen LogP contribution in [0.15, 0.2) is 11.0 Å². The quantitative estimate of drug-likeness (QED) is 0.224. The summed E-state index contributed by atoms with van der Waals surface area (Å²) in [6.07, 6.45) is 0.650. The first-order valence-electron chi connectivity index (χ1n) is 7.96. The molecule has 154 valence electrons. The van der Waals surface area contributed by atoms with E-state index >= 15 is 0 Å². The Morgan fingerprint density at radius 2 is 1.89 bits per heavy atom. The predicted molar refractivity (Wildman–Crippen MR) is 95.7 cm³/mol. The first-order chi connectivity index (χ1) is 13.0. The van der Waals surface area contributed by atoms with Crippen LogP contribution in [0, 0.1) is 0 Å². The molecule has 0 saturated carbocycles. The van der Waals surface area contributed by atoms with E-state index in [1.165, 1.54) is 7.05 Å². The smallest absolute Gasteiger partial charge is 0.322 e. The van der Waals surface area contributed by atoms with Gasteiger partial charge in [0, 0.05) is 25.3 Å². The second-order valence-corrected chi connectivity index (χ2v) is 6.80. The third-order valence-electron chi connectivity index (χ3n) is 3.57. The third-order valence-corrected chi connectivity index (χ3v) is 4.67. The van der Waals surface area contributed by atoms with Gasteiger partial charge >= 0.3 is 11.9 Å². The molecule has 1 rings (SSSR count). The SMILES string of the molecule is CN1C(=O)C=C(SC[C@H](NC(=O)CC[C@H](N)C(=O)O)C(=O)NCC(=O)O)C1=O. The van der Waals surface area contributed by atoms with Crippen molar-refractivity contribution in [3.63, 3.8) is 0 Å². The van der Waals surface area contributed by atoms with E-state index in [1.54, 1.807) is 0 Å². The van der Waals surface area contributed by atoms with E-state index in [2.05, 4.69) is 10.6 Å². The van der Waals surface area contributed by atoms with Crippen LogP contribution in [0.3, 0.4) is 0 Å². The van der Waals surface area contributed by atoms with E-state index < -0.39 is 54.2 Å². The molecule has 6 N–H and O–H groups in total. The summed E-state index contributed by atoms with van der Waals surface area (Å²) in [5.74, 6) is -5.28. The van der Waals surface area contributed by atoms with Gasteiger partial charge in [-0.15, -0.1) is 11.8 Å². The Labute approximate surface area is 163 Å². The van der Waals surface area contributed by atoms with Gasteiger partial charge in [0.25, 0.3) is 11.8 Å². The van der Waals surface area contributed by atoms with Crippen molar-refractivity contribution in [2.24, 2.45) is 5.73 Å². The van der Waals surface area contributed by atoms with Gasteiger partial charge in [-0.25, -0.2) is 0 Å². The van der Waals surface area contributed by atoms with E-state index in [1.807, 2.05) is 0 Å². The number of carboxylic acids is 2. The lowest BCUT2D eigenvalue weighted by atomic mass is 10.1. The molecule has 0 radical (unpaired) electrons. The molecule has 0 fully saturated rings. The number of hydrogen-bond donors (Lipinski definition) is 5. The summed E-state index contributed by atoms with van der Waals surface area (Å²) in [5.41, 5.74) is 5.31. The van der Waals surface area contributed by atoms with Gasteiger partial charge in [0.2, 0.25) is 11.8 Å². The molecule has 12 nitrogen and oxygen atoms in total. The maximum Gasteiger partial charge on any atom is 0.322 e. The number of amides is 4. The zero-order chi connectivity index (χ0) is 21.4. The zero-order valence-corrected chi connectivity index (χ0v) is 15.7. The van der Waals surface area contributed by atoms with Crippen LogP contribution in [0.25, 0.3) is 0 Å². The second kappa shape index (κ2) is 10.4. The lowest BCUT2D eigenvalue weighted by Crippen LogP contribution is -2.49. The molecule has 0 aliphatic carbocycles. The Balaban J connectivity index is 2.72. The molecule has 0 unspecified atom stereocenters. The Bertz CT molecular complexity index is 723. The van der Waals surface area contributed by atoms with Gasteiger partial charge in [-0.05, 0) is 6.42 Å². The van der Waals surface area contributed by atoms with Crippen LogP contribution >= 0.6 is 11.8 Å². The molecule has 4 amide bonds. The van der Waals surface area contributed by atoms with Crippen molar-refractivity contribution in [1.82, 2.24) is 15.5 Å². The molecule has 0 saturated heterocycles. The molecule has 0 aromatic heterocycles. The standard InChI is InChI=1S/C15H20N4O8S/c1-19-11(21)4-9(14(19)25)28-6-8(13(24)17-5-12(22)23)18-10(20)3-2-7(16)15(26)27/h4,7-8H,2-3,5-6,16H2,1H3,(H,17,24)(H,18,20)(H,22,23)(H,26,27)/t7-,8-/m0/s1. The Kier molecular flexibility index (Phi) is 8.60. The number of rotatable bonds is 11. The van der Waals surface area contributed by atoms with Crippen molar-refractivity contribution in [2.75, 3.05) is 19.3 Å². The molecule has 13 heteroatoms. The van der Waals surface area contributed by atoms with Gasteiger partial charge in [0.1, 0.15) is 18.6 Å². The van der Waals surface area contributed by atoms with Crippen LogP contribution in [0.5, 0.6) is 0 Å². The summed E-state index contributed by atoms with van der Waals surface area (Å²) in [6.45, 7) is -0.678. The minimum Gasteiger partial charge on any atom is -0.480 e. The summed E-state index contributed by atoms with van der Waals surface area (Å²) in [6, 6.07) is -2.46. The number of carbonyl (C=O) groups excluding carboxylic acids is 4. The van der Waals surface area contributed by atoms with E-state index in [4.69, 9.17) is 15.9 Å². The summed E-state index contributed by atoms with van der Waals surface area (Å²) < 4.78 is 0. The highest BCUT2D eigenvalue weighted by Gasteiger charge is 2.30. The van der Waals surface area contributed by atoms with Gasteiger partial charge in [0.15, 0.2) is 0 Å². The fourth-order valence-corrected chi connectivity index (χ4v) is 2.98. The van der Waals surface area contributed by atoms with Crippen LogP contribution in [-0.4, -0.2) is 82.1 Å². The molecular weight excluding hydrogens is 396 g/mol. The van der Waals surface area contributed by atoms with Crippen molar-refractivity contribution in [2.45, 2.75) is 24.9 Å². The molecule has 0 spiro atoms. The number of likely N-dealkylation sites (N-methyl/N-ethyl adjacent to an activating group) is 1. The maximum absolute atomic E-state index is 12.1. The van der Waals surface area contributed by atoms with Gasteiger partial charge in [0.05, 0.1) is 4.91 Å². The summed E-state index contributed by atoms with van der Waals surface area (Å²) in [7, 11) is 1.29. The van der Waals surface area contributed by atoms with Crippen LogP contribution in [0.4, 0.5) is 0 Å². The largest absolute Gasteiger partial charge is 0.480 e. The van der Waals surface area contributed by atoms with Crippen molar-refractivity contribution >= 4 is 47.3 Å². The third kappa shape index (κ3) is 7.00. The molecule has 2 atom stereocenters. The average Bonchev–Trinajstić information content (AvgIpc) is 2.87. The average molecular weight is 416 g/mol. The summed E-state index contributed by atoms with van der Waals surface area (Å²) in [5, 5.41) is 21.8. The van der Waals surface area contributed by atoms with E-state index in [9.17, 15) is 28.8 Å². The van der Waals surface area contributed by atoms with Crippen molar-refractivity contribution in [3.05, 3.63) is 11.0 Å². The molecule has 0 bridgehead atoms. The lowest BCUT2D eigenvalue weighted by molar-refractivity contribution is -0.139. The summed E-state index contributed by atoms with van der Waals surface area (Å²) in [4.78, 5) is 69.7. The summed E-state index contributed by atoms with van der Waals surface area (Å²) >= 11 is 0.849. The normalized spacial score (nSPS) is 15.6. The Hall–Kier alpha value is -2.93. The monoisotopic (exact) mass is 416 g/mol. The number of nitrogens with zero attached hydrogens (tertiary/aromatic N) is 1. The fourth-order valence-electron chi connectivity index (χ4n) is 1.96. The van der Waals surface area contributed by atoms with E-state index in [-0.39, 0.29) is 23.5 Å². The van der Waals surface area contributed by atoms with Gasteiger partial charge in [-0.2, -0.15) is 0 Å². The predicted octanol–water partition coefficient (Wildman–Crippen LogP) is -2.52. The molecule has 0 aromatic rings.